The number of hydrogen-bond donors (Lipinski definition) is 1. The summed E-state index contributed by atoms with van der Waals surface area (Å²) in [5, 5.41) is 3.60. The molecule has 0 saturated heterocycles. The highest BCUT2D eigenvalue weighted by Gasteiger charge is 2.13. The quantitative estimate of drug-likeness (QED) is 0.806. The molecule has 1 aliphatic carbocycles. The number of hydrogen-bond acceptors (Lipinski definition) is 1. The van der Waals surface area contributed by atoms with E-state index >= 15 is 0 Å². The lowest BCUT2D eigenvalue weighted by Gasteiger charge is -2.22. The number of halogens is 1. The van der Waals surface area contributed by atoms with E-state index in [4.69, 9.17) is 0 Å². The van der Waals surface area contributed by atoms with Crippen molar-refractivity contribution in [2.24, 2.45) is 5.92 Å². The number of nitrogens with one attached hydrogen (secondary N) is 1. The van der Waals surface area contributed by atoms with Gasteiger partial charge < -0.3 is 5.32 Å². The fourth-order valence-electron chi connectivity index (χ4n) is 3.06. The first kappa shape index (κ1) is 14.5. The molecule has 0 amide bonds. The van der Waals surface area contributed by atoms with Crippen LogP contribution in [0.4, 0.5) is 4.39 Å². The zero-order valence-corrected chi connectivity index (χ0v) is 12.0. The van der Waals surface area contributed by atoms with Crippen LogP contribution in [0.5, 0.6) is 0 Å². The van der Waals surface area contributed by atoms with Gasteiger partial charge in [0, 0.05) is 6.04 Å². The van der Waals surface area contributed by atoms with Crippen molar-refractivity contribution in [3.8, 4) is 0 Å². The summed E-state index contributed by atoms with van der Waals surface area (Å²) in [6.07, 6.45) is 9.43. The van der Waals surface area contributed by atoms with Crippen LogP contribution in [0.1, 0.15) is 51.0 Å². The van der Waals surface area contributed by atoms with Crippen LogP contribution in [-0.2, 0) is 6.42 Å². The average Bonchev–Trinajstić information content (AvgIpc) is 2.43. The molecule has 0 radical (unpaired) electrons. The van der Waals surface area contributed by atoms with E-state index in [1.807, 2.05) is 12.1 Å². The first-order chi connectivity index (χ1) is 9.24. The van der Waals surface area contributed by atoms with E-state index in [1.165, 1.54) is 44.1 Å². The first-order valence-electron chi connectivity index (χ1n) is 7.72. The lowest BCUT2D eigenvalue weighted by atomic mass is 9.87. The zero-order chi connectivity index (χ0) is 13.5. The molecule has 19 heavy (non-hydrogen) atoms. The summed E-state index contributed by atoms with van der Waals surface area (Å²) < 4.78 is 12.8. The molecule has 1 atom stereocenters. The van der Waals surface area contributed by atoms with Gasteiger partial charge in [-0.15, -0.1) is 0 Å². The Labute approximate surface area is 116 Å². The van der Waals surface area contributed by atoms with E-state index < -0.39 is 0 Å². The molecule has 1 aliphatic rings. The Morgan fingerprint density at radius 2 is 1.84 bits per heavy atom. The lowest BCUT2D eigenvalue weighted by molar-refractivity contribution is 0.329. The van der Waals surface area contributed by atoms with Gasteiger partial charge in [-0.3, -0.25) is 0 Å². The Bertz CT molecular complexity index is 354. The second-order valence-corrected chi connectivity index (χ2v) is 5.98. The van der Waals surface area contributed by atoms with Crippen LogP contribution in [0, 0.1) is 11.7 Å². The maximum atomic E-state index is 12.8. The summed E-state index contributed by atoms with van der Waals surface area (Å²) in [6, 6.07) is 7.33. The van der Waals surface area contributed by atoms with E-state index in [2.05, 4.69) is 12.2 Å². The molecular formula is C17H26FN. The highest BCUT2D eigenvalue weighted by Crippen LogP contribution is 2.25. The Morgan fingerprint density at radius 3 is 2.53 bits per heavy atom. The predicted octanol–water partition coefficient (Wildman–Crippen LogP) is 4.32. The van der Waals surface area contributed by atoms with E-state index in [0.717, 1.165) is 18.9 Å². The van der Waals surface area contributed by atoms with Gasteiger partial charge in [-0.1, -0.05) is 44.2 Å². The standard InChI is InChI=1S/C17H26FN/c1-14(13-16-7-9-17(18)10-8-16)19-12-11-15-5-3-2-4-6-15/h7-10,14-15,19H,2-6,11-13H2,1H3. The minimum atomic E-state index is -0.151. The minimum Gasteiger partial charge on any atom is -0.314 e. The van der Waals surface area contributed by atoms with Crippen molar-refractivity contribution in [1.29, 1.82) is 0 Å². The van der Waals surface area contributed by atoms with E-state index in [1.54, 1.807) is 12.1 Å². The summed E-state index contributed by atoms with van der Waals surface area (Å²) in [4.78, 5) is 0. The first-order valence-corrected chi connectivity index (χ1v) is 7.72. The van der Waals surface area contributed by atoms with Crippen molar-refractivity contribution in [1.82, 2.24) is 5.32 Å². The molecular weight excluding hydrogens is 237 g/mol. The zero-order valence-electron chi connectivity index (χ0n) is 12.0. The van der Waals surface area contributed by atoms with Crippen LogP contribution < -0.4 is 5.32 Å². The fourth-order valence-corrected chi connectivity index (χ4v) is 3.06. The SMILES string of the molecule is CC(Cc1ccc(F)cc1)NCCC1CCCCC1. The molecule has 1 nitrogen and oxygen atoms in total. The molecule has 1 aromatic rings. The normalized spacial score (nSPS) is 18.4. The predicted molar refractivity (Wildman–Crippen MR) is 78.8 cm³/mol. The fraction of sp³-hybridized carbons (Fsp3) is 0.647. The van der Waals surface area contributed by atoms with Crippen LogP contribution in [0.3, 0.4) is 0 Å². The molecule has 0 aliphatic heterocycles. The second-order valence-electron chi connectivity index (χ2n) is 5.98. The third-order valence-corrected chi connectivity index (χ3v) is 4.23. The van der Waals surface area contributed by atoms with E-state index in [9.17, 15) is 4.39 Å². The average molecular weight is 263 g/mol. The maximum Gasteiger partial charge on any atom is 0.123 e. The summed E-state index contributed by atoms with van der Waals surface area (Å²) in [5.74, 6) is 0.793. The lowest BCUT2D eigenvalue weighted by Crippen LogP contribution is -2.30. The number of rotatable bonds is 6. The van der Waals surface area contributed by atoms with Gasteiger partial charge in [-0.2, -0.15) is 0 Å². The van der Waals surface area contributed by atoms with Gasteiger partial charge >= 0.3 is 0 Å². The van der Waals surface area contributed by atoms with Crippen LogP contribution in [0.2, 0.25) is 0 Å². The van der Waals surface area contributed by atoms with Crippen molar-refractivity contribution in [2.45, 2.75) is 57.9 Å². The molecule has 1 aromatic carbocycles. The van der Waals surface area contributed by atoms with Crippen molar-refractivity contribution >= 4 is 0 Å². The third kappa shape index (κ3) is 5.32. The van der Waals surface area contributed by atoms with Gasteiger partial charge in [0.15, 0.2) is 0 Å². The Morgan fingerprint density at radius 1 is 1.16 bits per heavy atom. The second kappa shape index (κ2) is 7.64. The molecule has 1 saturated carbocycles. The summed E-state index contributed by atoms with van der Waals surface area (Å²) in [6.45, 7) is 3.33. The Hall–Kier alpha value is -0.890. The van der Waals surface area contributed by atoms with Crippen molar-refractivity contribution in [3.63, 3.8) is 0 Å². The van der Waals surface area contributed by atoms with Crippen molar-refractivity contribution in [3.05, 3.63) is 35.6 Å². The minimum absolute atomic E-state index is 0.151. The molecule has 2 heteroatoms. The van der Waals surface area contributed by atoms with Gasteiger partial charge in [0.2, 0.25) is 0 Å². The summed E-state index contributed by atoms with van der Waals surface area (Å²) in [5.41, 5.74) is 1.21. The van der Waals surface area contributed by atoms with Gasteiger partial charge in [0.05, 0.1) is 0 Å². The molecule has 1 unspecified atom stereocenters. The van der Waals surface area contributed by atoms with Gasteiger partial charge in [0.1, 0.15) is 5.82 Å². The monoisotopic (exact) mass is 263 g/mol. The summed E-state index contributed by atoms with van der Waals surface area (Å²) >= 11 is 0. The molecule has 0 bridgehead atoms. The molecule has 0 heterocycles. The smallest absolute Gasteiger partial charge is 0.123 e. The van der Waals surface area contributed by atoms with Crippen LogP contribution >= 0.6 is 0 Å². The highest BCUT2D eigenvalue weighted by atomic mass is 19.1. The molecule has 1 N–H and O–H groups in total. The summed E-state index contributed by atoms with van der Waals surface area (Å²) in [7, 11) is 0. The van der Waals surface area contributed by atoms with Crippen LogP contribution in [0.25, 0.3) is 0 Å². The topological polar surface area (TPSA) is 12.0 Å². The molecule has 106 valence electrons. The van der Waals surface area contributed by atoms with E-state index in [-0.39, 0.29) is 5.82 Å². The van der Waals surface area contributed by atoms with Gasteiger partial charge in [-0.05, 0) is 49.9 Å². The van der Waals surface area contributed by atoms with Crippen LogP contribution in [-0.4, -0.2) is 12.6 Å². The van der Waals surface area contributed by atoms with Gasteiger partial charge in [-0.25, -0.2) is 4.39 Å². The van der Waals surface area contributed by atoms with Crippen LogP contribution in [0.15, 0.2) is 24.3 Å². The molecule has 0 aromatic heterocycles. The Balaban J connectivity index is 1.63. The van der Waals surface area contributed by atoms with Crippen molar-refractivity contribution in [2.75, 3.05) is 6.54 Å². The van der Waals surface area contributed by atoms with E-state index in [0.29, 0.717) is 6.04 Å². The number of benzene rings is 1. The largest absolute Gasteiger partial charge is 0.314 e. The molecule has 1 fully saturated rings. The molecule has 2 rings (SSSR count). The Kier molecular flexibility index (Phi) is 5.84. The third-order valence-electron chi connectivity index (χ3n) is 4.23. The maximum absolute atomic E-state index is 12.8. The highest BCUT2D eigenvalue weighted by molar-refractivity contribution is 5.16. The molecule has 0 spiro atoms. The van der Waals surface area contributed by atoms with Gasteiger partial charge in [0.25, 0.3) is 0 Å². The van der Waals surface area contributed by atoms with Crippen molar-refractivity contribution < 1.29 is 4.39 Å².